The fourth-order valence-corrected chi connectivity index (χ4v) is 3.73. The van der Waals surface area contributed by atoms with E-state index in [1.54, 1.807) is 0 Å². The molecule has 2 heterocycles. The quantitative estimate of drug-likeness (QED) is 0.225. The average molecular weight is 499 g/mol. The van der Waals surface area contributed by atoms with Crippen molar-refractivity contribution in [3.8, 4) is 5.82 Å². The highest BCUT2D eigenvalue weighted by Crippen LogP contribution is 2.25. The zero-order chi connectivity index (χ0) is 21.6. The molecule has 3 N–H and O–H groups in total. The van der Waals surface area contributed by atoms with Gasteiger partial charge in [-0.05, 0) is 40.1 Å². The van der Waals surface area contributed by atoms with E-state index >= 15 is 0 Å². The number of benzene rings is 2. The maximum absolute atomic E-state index is 12.7. The summed E-state index contributed by atoms with van der Waals surface area (Å²) in [5.41, 5.74) is 9.68. The number of hydrogen-bond donors (Lipinski definition) is 2. The van der Waals surface area contributed by atoms with Gasteiger partial charge in [0.1, 0.15) is 0 Å². The second-order valence-corrected chi connectivity index (χ2v) is 8.09. The Kier molecular flexibility index (Phi) is 6.38. The lowest BCUT2D eigenvalue weighted by molar-refractivity contribution is 0.0949. The van der Waals surface area contributed by atoms with Crippen molar-refractivity contribution in [2.75, 3.05) is 5.73 Å². The van der Waals surface area contributed by atoms with E-state index < -0.39 is 5.91 Å². The van der Waals surface area contributed by atoms with Gasteiger partial charge in [0.2, 0.25) is 11.6 Å². The van der Waals surface area contributed by atoms with Gasteiger partial charge in [-0.25, -0.2) is 10.1 Å². The number of hydrazone groups is 1. The van der Waals surface area contributed by atoms with E-state index in [4.69, 9.17) is 5.73 Å². The Labute approximate surface area is 189 Å². The van der Waals surface area contributed by atoms with Crippen molar-refractivity contribution in [2.45, 2.75) is 10.6 Å². The Balaban J connectivity index is 1.57. The summed E-state index contributed by atoms with van der Waals surface area (Å²) >= 11 is 4.88. The molecular weight excluding hydrogens is 484 g/mol. The molecule has 0 aliphatic heterocycles. The molecule has 12 heteroatoms. The van der Waals surface area contributed by atoms with E-state index in [-0.39, 0.29) is 17.3 Å². The van der Waals surface area contributed by atoms with E-state index in [2.05, 4.69) is 51.7 Å². The lowest BCUT2D eigenvalue weighted by Gasteiger charge is -2.05. The Morgan fingerprint density at radius 3 is 2.68 bits per heavy atom. The third kappa shape index (κ3) is 4.98. The number of nitrogens with two attached hydrogens (primary N) is 1. The highest BCUT2D eigenvalue weighted by molar-refractivity contribution is 9.10. The number of carbonyl (C=O) groups is 1. The molecule has 0 bridgehead atoms. The van der Waals surface area contributed by atoms with Crippen LogP contribution in [-0.4, -0.2) is 37.4 Å². The van der Waals surface area contributed by atoms with Crippen molar-refractivity contribution in [3.05, 3.63) is 76.0 Å². The second-order valence-electron chi connectivity index (χ2n) is 6.12. The molecule has 31 heavy (non-hydrogen) atoms. The van der Waals surface area contributed by atoms with E-state index in [1.807, 2.05) is 54.6 Å². The zero-order valence-corrected chi connectivity index (χ0v) is 18.2. The highest BCUT2D eigenvalue weighted by atomic mass is 79.9. The fraction of sp³-hybridized carbons (Fsp3) is 0.0526. The average Bonchev–Trinajstić information content (AvgIpc) is 3.40. The first-order chi connectivity index (χ1) is 15.1. The van der Waals surface area contributed by atoms with Gasteiger partial charge in [-0.2, -0.15) is 9.78 Å². The fourth-order valence-electron chi connectivity index (χ4n) is 2.55. The molecule has 10 nitrogen and oxygen atoms in total. The van der Waals surface area contributed by atoms with Gasteiger partial charge in [0.05, 0.1) is 11.9 Å². The van der Waals surface area contributed by atoms with Gasteiger partial charge in [-0.15, -0.1) is 16.9 Å². The molecule has 156 valence electrons. The number of anilines is 1. The molecule has 0 aliphatic carbocycles. The lowest BCUT2D eigenvalue weighted by Crippen LogP contribution is -2.20. The van der Waals surface area contributed by atoms with E-state index in [9.17, 15) is 4.79 Å². The summed E-state index contributed by atoms with van der Waals surface area (Å²) in [4.78, 5) is 13.8. The number of nitrogen functional groups attached to an aromatic ring is 1. The Morgan fingerprint density at radius 1 is 1.19 bits per heavy atom. The van der Waals surface area contributed by atoms with Crippen LogP contribution in [-0.2, 0) is 5.75 Å². The summed E-state index contributed by atoms with van der Waals surface area (Å²) in [5.74, 6) is 0.0608. The van der Waals surface area contributed by atoms with Crippen molar-refractivity contribution in [1.29, 1.82) is 0 Å². The molecule has 0 saturated heterocycles. The molecule has 0 spiro atoms. The van der Waals surface area contributed by atoms with E-state index in [0.717, 1.165) is 14.9 Å². The van der Waals surface area contributed by atoms with Crippen LogP contribution in [0.5, 0.6) is 0 Å². The van der Waals surface area contributed by atoms with Crippen LogP contribution in [0.4, 0.5) is 5.82 Å². The van der Waals surface area contributed by atoms with Gasteiger partial charge >= 0.3 is 0 Å². The SMILES string of the molecule is Nc1nonc1-n1nnc(C(=O)N/N=C/c2ccc(Br)cc2)c1CSc1ccccc1. The summed E-state index contributed by atoms with van der Waals surface area (Å²) in [7, 11) is 0. The molecule has 1 amide bonds. The Bertz CT molecular complexity index is 1210. The van der Waals surface area contributed by atoms with Crippen LogP contribution < -0.4 is 11.2 Å². The third-order valence-electron chi connectivity index (χ3n) is 4.04. The van der Waals surface area contributed by atoms with Crippen LogP contribution in [0.3, 0.4) is 0 Å². The van der Waals surface area contributed by atoms with Crippen molar-refractivity contribution in [2.24, 2.45) is 5.10 Å². The zero-order valence-electron chi connectivity index (χ0n) is 15.8. The number of nitrogens with one attached hydrogen (secondary N) is 1. The van der Waals surface area contributed by atoms with Crippen LogP contribution in [0, 0.1) is 0 Å². The maximum atomic E-state index is 12.7. The van der Waals surface area contributed by atoms with E-state index in [0.29, 0.717) is 11.4 Å². The van der Waals surface area contributed by atoms with Gasteiger partial charge in [0.15, 0.2) is 5.69 Å². The predicted molar refractivity (Wildman–Crippen MR) is 119 cm³/mol. The third-order valence-corrected chi connectivity index (χ3v) is 5.59. The van der Waals surface area contributed by atoms with Crippen LogP contribution in [0.15, 0.2) is 73.7 Å². The smallest absolute Gasteiger partial charge is 0.293 e. The molecule has 4 rings (SSSR count). The normalized spacial score (nSPS) is 11.1. The van der Waals surface area contributed by atoms with Gasteiger partial charge in [-0.3, -0.25) is 4.79 Å². The predicted octanol–water partition coefficient (Wildman–Crippen LogP) is 3.05. The van der Waals surface area contributed by atoms with Crippen LogP contribution in [0.2, 0.25) is 0 Å². The summed E-state index contributed by atoms with van der Waals surface area (Å²) in [6.45, 7) is 0. The topological polar surface area (TPSA) is 137 Å². The standard InChI is InChI=1S/C19H15BrN8O2S/c20-13-8-6-12(7-9-13)10-22-24-19(29)16-15(11-31-14-4-2-1-3-5-14)28(27-23-16)18-17(21)25-30-26-18/h1-10H,11H2,(H2,21,25)(H,24,29)/b22-10+. The molecule has 0 fully saturated rings. The number of thioether (sulfide) groups is 1. The van der Waals surface area contributed by atoms with Gasteiger partial charge in [0.25, 0.3) is 5.91 Å². The molecule has 4 aromatic rings. The molecule has 0 atom stereocenters. The lowest BCUT2D eigenvalue weighted by atomic mass is 10.2. The number of rotatable bonds is 7. The highest BCUT2D eigenvalue weighted by Gasteiger charge is 2.23. The first kappa shape index (κ1) is 20.8. The molecule has 2 aromatic carbocycles. The summed E-state index contributed by atoms with van der Waals surface area (Å²) < 4.78 is 6.96. The van der Waals surface area contributed by atoms with Crippen molar-refractivity contribution < 1.29 is 9.42 Å². The number of nitrogens with zero attached hydrogens (tertiary/aromatic N) is 6. The molecule has 0 aliphatic rings. The number of halogens is 1. The maximum Gasteiger partial charge on any atom is 0.293 e. The van der Waals surface area contributed by atoms with Crippen molar-refractivity contribution in [1.82, 2.24) is 30.7 Å². The number of hydrogen-bond acceptors (Lipinski definition) is 9. The molecular formula is C19H15BrN8O2S. The number of aromatic nitrogens is 5. The first-order valence-corrected chi connectivity index (χ1v) is 10.7. The Hall–Kier alpha value is -3.51. The van der Waals surface area contributed by atoms with Crippen LogP contribution in [0.25, 0.3) is 5.82 Å². The van der Waals surface area contributed by atoms with Crippen LogP contribution in [0.1, 0.15) is 21.7 Å². The minimum Gasteiger partial charge on any atom is -0.378 e. The first-order valence-electron chi connectivity index (χ1n) is 8.91. The van der Waals surface area contributed by atoms with Crippen molar-refractivity contribution in [3.63, 3.8) is 0 Å². The minimum absolute atomic E-state index is 0.0380. The van der Waals surface area contributed by atoms with Gasteiger partial charge in [-0.1, -0.05) is 51.5 Å². The molecule has 0 radical (unpaired) electrons. The largest absolute Gasteiger partial charge is 0.378 e. The molecule has 0 unspecified atom stereocenters. The summed E-state index contributed by atoms with van der Waals surface area (Å²) in [6.07, 6.45) is 1.53. The Morgan fingerprint density at radius 2 is 1.97 bits per heavy atom. The molecule has 0 saturated carbocycles. The molecule has 2 aromatic heterocycles. The van der Waals surface area contributed by atoms with Gasteiger partial charge in [0, 0.05) is 15.1 Å². The van der Waals surface area contributed by atoms with Crippen molar-refractivity contribution >= 4 is 45.6 Å². The summed E-state index contributed by atoms with van der Waals surface area (Å²) in [5, 5.41) is 19.4. The number of amides is 1. The van der Waals surface area contributed by atoms with Crippen LogP contribution >= 0.6 is 27.7 Å². The summed E-state index contributed by atoms with van der Waals surface area (Å²) in [6, 6.07) is 17.2. The minimum atomic E-state index is -0.515. The monoisotopic (exact) mass is 498 g/mol. The van der Waals surface area contributed by atoms with E-state index in [1.165, 1.54) is 22.7 Å². The number of carbonyl (C=O) groups excluding carboxylic acids is 1. The second kappa shape index (κ2) is 9.53. The van der Waals surface area contributed by atoms with Gasteiger partial charge < -0.3 is 5.73 Å².